The van der Waals surface area contributed by atoms with Crippen LogP contribution in [-0.4, -0.2) is 24.7 Å². The number of nitrogens with one attached hydrogen (secondary N) is 1. The molecule has 0 heterocycles. The van der Waals surface area contributed by atoms with Gasteiger partial charge in [0.25, 0.3) is 0 Å². The summed E-state index contributed by atoms with van der Waals surface area (Å²) in [6, 6.07) is 7.18. The zero-order valence-corrected chi connectivity index (χ0v) is 11.0. The normalized spacial score (nSPS) is 16.3. The Morgan fingerprint density at radius 1 is 1.37 bits per heavy atom. The molecule has 1 unspecified atom stereocenters. The summed E-state index contributed by atoms with van der Waals surface area (Å²) in [6.07, 6.45) is 4.94. The number of benzene rings is 1. The summed E-state index contributed by atoms with van der Waals surface area (Å²) in [4.78, 5) is 11.8. The van der Waals surface area contributed by atoms with E-state index < -0.39 is 6.10 Å². The summed E-state index contributed by atoms with van der Waals surface area (Å²) >= 11 is 0. The number of aliphatic hydroxyl groups excluding tert-OH is 1. The van der Waals surface area contributed by atoms with Gasteiger partial charge in [0.2, 0.25) is 5.91 Å². The van der Waals surface area contributed by atoms with Crippen LogP contribution >= 0.6 is 0 Å². The first-order chi connectivity index (χ1) is 9.20. The van der Waals surface area contributed by atoms with Gasteiger partial charge >= 0.3 is 0 Å². The molecule has 1 aliphatic rings. The zero-order chi connectivity index (χ0) is 13.7. The van der Waals surface area contributed by atoms with Crippen LogP contribution in [0, 0.1) is 5.92 Å². The number of methoxy groups -OCH3 is 1. The number of amides is 1. The molecule has 1 aliphatic carbocycles. The van der Waals surface area contributed by atoms with Crippen molar-refractivity contribution < 1.29 is 14.6 Å². The molecule has 0 saturated heterocycles. The fourth-order valence-corrected chi connectivity index (χ4v) is 2.12. The topological polar surface area (TPSA) is 58.6 Å². The fraction of sp³-hybridized carbons (Fsp3) is 0.400. The number of hydrogen-bond acceptors (Lipinski definition) is 3. The van der Waals surface area contributed by atoms with E-state index in [4.69, 9.17) is 4.74 Å². The number of aliphatic hydroxyl groups is 1. The number of carbonyl (C=O) groups is 1. The SMILES string of the molecule is COc1ccc(C(O)CNC(=O)C2CC=CC2)cc1. The van der Waals surface area contributed by atoms with Crippen LogP contribution in [0.25, 0.3) is 0 Å². The first kappa shape index (κ1) is 13.6. The van der Waals surface area contributed by atoms with Gasteiger partial charge in [0.05, 0.1) is 13.2 Å². The van der Waals surface area contributed by atoms with Gasteiger partial charge in [-0.1, -0.05) is 24.3 Å². The summed E-state index contributed by atoms with van der Waals surface area (Å²) in [5.41, 5.74) is 0.769. The third kappa shape index (κ3) is 3.58. The van der Waals surface area contributed by atoms with Gasteiger partial charge in [-0.15, -0.1) is 0 Å². The molecule has 1 amide bonds. The van der Waals surface area contributed by atoms with Gasteiger partial charge in [0.1, 0.15) is 5.75 Å². The molecule has 1 aromatic carbocycles. The van der Waals surface area contributed by atoms with Crippen molar-refractivity contribution in [2.45, 2.75) is 18.9 Å². The molecular weight excluding hydrogens is 242 g/mol. The molecule has 0 radical (unpaired) electrons. The second-order valence-electron chi connectivity index (χ2n) is 4.67. The monoisotopic (exact) mass is 261 g/mol. The smallest absolute Gasteiger partial charge is 0.223 e. The van der Waals surface area contributed by atoms with Crippen LogP contribution in [0.4, 0.5) is 0 Å². The third-order valence-corrected chi connectivity index (χ3v) is 3.35. The fourth-order valence-electron chi connectivity index (χ4n) is 2.12. The lowest BCUT2D eigenvalue weighted by Gasteiger charge is -2.15. The molecular formula is C15H19NO3. The maximum Gasteiger partial charge on any atom is 0.223 e. The molecule has 0 aromatic heterocycles. The second kappa shape index (κ2) is 6.38. The highest BCUT2D eigenvalue weighted by Crippen LogP contribution is 2.19. The Hall–Kier alpha value is -1.81. The molecule has 0 bridgehead atoms. The maximum absolute atomic E-state index is 11.8. The van der Waals surface area contributed by atoms with Crippen molar-refractivity contribution in [1.29, 1.82) is 0 Å². The van der Waals surface area contributed by atoms with E-state index in [1.54, 1.807) is 31.4 Å². The van der Waals surface area contributed by atoms with Crippen LogP contribution in [-0.2, 0) is 4.79 Å². The quantitative estimate of drug-likeness (QED) is 0.795. The average molecular weight is 261 g/mol. The van der Waals surface area contributed by atoms with E-state index >= 15 is 0 Å². The molecule has 0 aliphatic heterocycles. The van der Waals surface area contributed by atoms with Gasteiger partial charge in [0.15, 0.2) is 0 Å². The summed E-state index contributed by atoms with van der Waals surface area (Å²) in [5, 5.41) is 12.8. The largest absolute Gasteiger partial charge is 0.497 e. The highest BCUT2D eigenvalue weighted by Gasteiger charge is 2.19. The summed E-state index contributed by atoms with van der Waals surface area (Å²) in [7, 11) is 1.60. The predicted molar refractivity (Wildman–Crippen MR) is 72.8 cm³/mol. The van der Waals surface area contributed by atoms with Crippen LogP contribution in [0.15, 0.2) is 36.4 Å². The number of ether oxygens (including phenoxy) is 1. The minimum atomic E-state index is -0.691. The first-order valence-corrected chi connectivity index (χ1v) is 6.45. The molecule has 0 fully saturated rings. The first-order valence-electron chi connectivity index (χ1n) is 6.45. The third-order valence-electron chi connectivity index (χ3n) is 3.35. The van der Waals surface area contributed by atoms with E-state index in [0.29, 0.717) is 0 Å². The Morgan fingerprint density at radius 3 is 2.58 bits per heavy atom. The predicted octanol–water partition coefficient (Wildman–Crippen LogP) is 1.81. The van der Waals surface area contributed by atoms with Gasteiger partial charge in [-0.05, 0) is 30.5 Å². The van der Waals surface area contributed by atoms with Gasteiger partial charge in [-0.2, -0.15) is 0 Å². The molecule has 4 nitrogen and oxygen atoms in total. The van der Waals surface area contributed by atoms with Gasteiger partial charge < -0.3 is 15.2 Å². The summed E-state index contributed by atoms with van der Waals surface area (Å²) in [5.74, 6) is 0.789. The van der Waals surface area contributed by atoms with E-state index in [9.17, 15) is 9.90 Å². The van der Waals surface area contributed by atoms with Crippen LogP contribution in [0.5, 0.6) is 5.75 Å². The summed E-state index contributed by atoms with van der Waals surface area (Å²) in [6.45, 7) is 0.238. The highest BCUT2D eigenvalue weighted by molar-refractivity contribution is 5.79. The van der Waals surface area contributed by atoms with Crippen LogP contribution in [0.1, 0.15) is 24.5 Å². The van der Waals surface area contributed by atoms with Gasteiger partial charge in [0, 0.05) is 12.5 Å². The van der Waals surface area contributed by atoms with E-state index in [0.717, 1.165) is 24.2 Å². The van der Waals surface area contributed by atoms with E-state index in [1.807, 2.05) is 12.2 Å². The van der Waals surface area contributed by atoms with Crippen molar-refractivity contribution >= 4 is 5.91 Å². The Balaban J connectivity index is 1.82. The molecule has 19 heavy (non-hydrogen) atoms. The Labute approximate surface area is 113 Å². The number of hydrogen-bond donors (Lipinski definition) is 2. The van der Waals surface area contributed by atoms with Gasteiger partial charge in [-0.3, -0.25) is 4.79 Å². The lowest BCUT2D eigenvalue weighted by atomic mass is 10.1. The van der Waals surface area contributed by atoms with E-state index in [-0.39, 0.29) is 18.4 Å². The molecule has 1 atom stereocenters. The molecule has 1 aromatic rings. The zero-order valence-electron chi connectivity index (χ0n) is 11.0. The minimum Gasteiger partial charge on any atom is -0.497 e. The van der Waals surface area contributed by atoms with Crippen molar-refractivity contribution in [2.24, 2.45) is 5.92 Å². The lowest BCUT2D eigenvalue weighted by molar-refractivity contribution is -0.125. The van der Waals surface area contributed by atoms with Gasteiger partial charge in [-0.25, -0.2) is 0 Å². The van der Waals surface area contributed by atoms with Crippen molar-refractivity contribution in [3.05, 3.63) is 42.0 Å². The molecule has 102 valence electrons. The van der Waals surface area contributed by atoms with Crippen molar-refractivity contribution in [3.63, 3.8) is 0 Å². The van der Waals surface area contributed by atoms with Crippen LogP contribution in [0.2, 0.25) is 0 Å². The lowest BCUT2D eigenvalue weighted by Crippen LogP contribution is -2.32. The van der Waals surface area contributed by atoms with E-state index in [2.05, 4.69) is 5.32 Å². The Kier molecular flexibility index (Phi) is 4.58. The average Bonchev–Trinajstić information content (AvgIpc) is 2.98. The highest BCUT2D eigenvalue weighted by atomic mass is 16.5. The Morgan fingerprint density at radius 2 is 2.00 bits per heavy atom. The minimum absolute atomic E-state index is 0.0116. The molecule has 2 N–H and O–H groups in total. The second-order valence-corrected chi connectivity index (χ2v) is 4.67. The number of rotatable bonds is 5. The maximum atomic E-state index is 11.8. The van der Waals surface area contributed by atoms with E-state index in [1.165, 1.54) is 0 Å². The van der Waals surface area contributed by atoms with Crippen molar-refractivity contribution in [2.75, 3.05) is 13.7 Å². The summed E-state index contributed by atoms with van der Waals surface area (Å²) < 4.78 is 5.06. The van der Waals surface area contributed by atoms with Crippen molar-refractivity contribution in [3.8, 4) is 5.75 Å². The molecule has 0 saturated carbocycles. The molecule has 4 heteroatoms. The van der Waals surface area contributed by atoms with Crippen LogP contribution < -0.4 is 10.1 Å². The number of allylic oxidation sites excluding steroid dienone is 2. The number of carbonyl (C=O) groups excluding carboxylic acids is 1. The van der Waals surface area contributed by atoms with Crippen molar-refractivity contribution in [1.82, 2.24) is 5.32 Å². The standard InChI is InChI=1S/C15H19NO3/c1-19-13-8-6-11(7-9-13)14(17)10-16-15(18)12-4-2-3-5-12/h2-3,6-9,12,14,17H,4-5,10H2,1H3,(H,16,18). The molecule has 2 rings (SSSR count). The Bertz CT molecular complexity index is 445. The van der Waals surface area contributed by atoms with Crippen LogP contribution in [0.3, 0.4) is 0 Å². The molecule has 0 spiro atoms.